The SMILES string of the molecule is CC(=O)Nc1ccc(N2C(=S)N[C@H](c3ccccn3)[C@@H]2c2cccn2-c2ccccc2)cc1. The Labute approximate surface area is 197 Å². The van der Waals surface area contributed by atoms with Crippen LogP contribution < -0.4 is 15.5 Å². The summed E-state index contributed by atoms with van der Waals surface area (Å²) in [6.45, 7) is 1.50. The second-order valence-electron chi connectivity index (χ2n) is 7.86. The third-order valence-electron chi connectivity index (χ3n) is 5.68. The van der Waals surface area contributed by atoms with Crippen LogP contribution in [0.4, 0.5) is 11.4 Å². The molecular weight excluding hydrogens is 430 g/mol. The van der Waals surface area contributed by atoms with Crippen LogP contribution >= 0.6 is 12.2 Å². The number of hydrogen-bond donors (Lipinski definition) is 2. The van der Waals surface area contributed by atoms with Crippen molar-refractivity contribution in [3.63, 3.8) is 0 Å². The maximum absolute atomic E-state index is 11.4. The van der Waals surface area contributed by atoms with E-state index in [2.05, 4.69) is 55.5 Å². The van der Waals surface area contributed by atoms with Crippen molar-refractivity contribution in [2.75, 3.05) is 10.2 Å². The third kappa shape index (κ3) is 4.10. The molecule has 33 heavy (non-hydrogen) atoms. The fourth-order valence-electron chi connectivity index (χ4n) is 4.30. The van der Waals surface area contributed by atoms with Gasteiger partial charge in [-0.2, -0.15) is 0 Å². The van der Waals surface area contributed by atoms with Crippen LogP contribution in [0.1, 0.15) is 30.4 Å². The minimum Gasteiger partial charge on any atom is -0.351 e. The van der Waals surface area contributed by atoms with Gasteiger partial charge < -0.3 is 20.1 Å². The predicted octanol–water partition coefficient (Wildman–Crippen LogP) is 5.01. The van der Waals surface area contributed by atoms with Gasteiger partial charge in [-0.05, 0) is 72.9 Å². The lowest BCUT2D eigenvalue weighted by molar-refractivity contribution is -0.114. The van der Waals surface area contributed by atoms with Crippen molar-refractivity contribution in [2.24, 2.45) is 0 Å². The zero-order chi connectivity index (χ0) is 22.8. The summed E-state index contributed by atoms with van der Waals surface area (Å²) in [6, 6.07) is 27.8. The van der Waals surface area contributed by atoms with Gasteiger partial charge in [-0.1, -0.05) is 24.3 Å². The van der Waals surface area contributed by atoms with Crippen molar-refractivity contribution < 1.29 is 4.79 Å². The largest absolute Gasteiger partial charge is 0.351 e. The van der Waals surface area contributed by atoms with E-state index in [-0.39, 0.29) is 18.0 Å². The van der Waals surface area contributed by atoms with Gasteiger partial charge in [0.15, 0.2) is 5.11 Å². The van der Waals surface area contributed by atoms with Crippen LogP contribution in [0.5, 0.6) is 0 Å². The highest BCUT2D eigenvalue weighted by Crippen LogP contribution is 2.42. The van der Waals surface area contributed by atoms with E-state index in [9.17, 15) is 4.79 Å². The molecule has 5 rings (SSSR count). The number of hydrogen-bond acceptors (Lipinski definition) is 3. The maximum atomic E-state index is 11.4. The number of anilines is 2. The van der Waals surface area contributed by atoms with E-state index in [4.69, 9.17) is 12.2 Å². The van der Waals surface area contributed by atoms with Gasteiger partial charge in [0.05, 0.1) is 11.7 Å². The molecule has 1 aliphatic rings. The van der Waals surface area contributed by atoms with E-state index in [1.54, 1.807) is 6.20 Å². The third-order valence-corrected chi connectivity index (χ3v) is 6.00. The van der Waals surface area contributed by atoms with E-state index < -0.39 is 0 Å². The smallest absolute Gasteiger partial charge is 0.221 e. The summed E-state index contributed by atoms with van der Waals surface area (Å²) >= 11 is 5.82. The molecule has 4 aromatic rings. The lowest BCUT2D eigenvalue weighted by atomic mass is 10.0. The summed E-state index contributed by atoms with van der Waals surface area (Å²) < 4.78 is 2.19. The van der Waals surface area contributed by atoms with Gasteiger partial charge in [-0.25, -0.2) is 0 Å². The second kappa shape index (κ2) is 8.88. The second-order valence-corrected chi connectivity index (χ2v) is 8.25. The van der Waals surface area contributed by atoms with Crippen LogP contribution in [0.2, 0.25) is 0 Å². The van der Waals surface area contributed by atoms with Crippen molar-refractivity contribution >= 4 is 34.6 Å². The van der Waals surface area contributed by atoms with Gasteiger partial charge >= 0.3 is 0 Å². The van der Waals surface area contributed by atoms with Crippen LogP contribution in [-0.4, -0.2) is 20.6 Å². The molecule has 2 atom stereocenters. The molecule has 0 aliphatic carbocycles. The molecule has 0 saturated carbocycles. The van der Waals surface area contributed by atoms with E-state index in [1.165, 1.54) is 6.92 Å². The molecule has 164 valence electrons. The lowest BCUT2D eigenvalue weighted by Gasteiger charge is -2.29. The Kier molecular flexibility index (Phi) is 5.62. The van der Waals surface area contributed by atoms with Crippen molar-refractivity contribution in [3.05, 3.63) is 109 Å². The number of nitrogens with zero attached hydrogens (tertiary/aromatic N) is 3. The standard InChI is InChI=1S/C26H23N5OS/c1-18(32)28-19-12-14-21(15-13-19)31-25(24(29-26(31)33)22-10-5-6-16-27-22)23-11-7-17-30(23)20-8-3-2-4-9-20/h2-17,24-25H,1H3,(H,28,32)(H,29,33)/t24-,25+/m1/s1. The Morgan fingerprint density at radius 2 is 1.70 bits per heavy atom. The van der Waals surface area contributed by atoms with Gasteiger partial charge in [0, 0.05) is 42.1 Å². The van der Waals surface area contributed by atoms with Crippen LogP contribution in [0.3, 0.4) is 0 Å². The Hall–Kier alpha value is -3.97. The molecule has 1 amide bonds. The maximum Gasteiger partial charge on any atom is 0.221 e. The van der Waals surface area contributed by atoms with Gasteiger partial charge in [0.25, 0.3) is 0 Å². The number of benzene rings is 2. The molecule has 3 heterocycles. The number of para-hydroxylation sites is 1. The highest BCUT2D eigenvalue weighted by molar-refractivity contribution is 7.80. The van der Waals surface area contributed by atoms with Crippen LogP contribution in [0.15, 0.2) is 97.3 Å². The van der Waals surface area contributed by atoms with Crippen molar-refractivity contribution in [2.45, 2.75) is 19.0 Å². The molecule has 6 nitrogen and oxygen atoms in total. The first kappa shape index (κ1) is 20.9. The van der Waals surface area contributed by atoms with Crippen molar-refractivity contribution in [3.8, 4) is 5.69 Å². The summed E-state index contributed by atoms with van der Waals surface area (Å²) in [7, 11) is 0. The number of aromatic nitrogens is 2. The Morgan fingerprint density at radius 1 is 0.939 bits per heavy atom. The zero-order valence-electron chi connectivity index (χ0n) is 18.1. The average molecular weight is 454 g/mol. The summed E-state index contributed by atoms with van der Waals surface area (Å²) in [5.74, 6) is -0.102. The zero-order valence-corrected chi connectivity index (χ0v) is 18.9. The van der Waals surface area contributed by atoms with E-state index in [1.807, 2.05) is 60.7 Å². The molecule has 0 unspecified atom stereocenters. The fourth-order valence-corrected chi connectivity index (χ4v) is 4.65. The van der Waals surface area contributed by atoms with Crippen LogP contribution in [0, 0.1) is 0 Å². The predicted molar refractivity (Wildman–Crippen MR) is 134 cm³/mol. The van der Waals surface area contributed by atoms with Crippen LogP contribution in [-0.2, 0) is 4.79 Å². The lowest BCUT2D eigenvalue weighted by Crippen LogP contribution is -2.30. The molecule has 7 heteroatoms. The summed E-state index contributed by atoms with van der Waals surface area (Å²) in [5.41, 5.74) is 4.77. The molecule has 2 aromatic heterocycles. The molecule has 1 saturated heterocycles. The molecule has 2 aromatic carbocycles. The minimum atomic E-state index is -0.133. The first-order valence-corrected chi connectivity index (χ1v) is 11.1. The molecular formula is C26H23N5OS. The van der Waals surface area contributed by atoms with Crippen LogP contribution in [0.25, 0.3) is 5.69 Å². The number of amides is 1. The Bertz CT molecular complexity index is 1270. The highest BCUT2D eigenvalue weighted by atomic mass is 32.1. The molecule has 0 radical (unpaired) electrons. The van der Waals surface area contributed by atoms with Gasteiger partial charge in [0.2, 0.25) is 5.91 Å². The number of nitrogens with one attached hydrogen (secondary N) is 2. The first-order valence-electron chi connectivity index (χ1n) is 10.7. The summed E-state index contributed by atoms with van der Waals surface area (Å²) in [4.78, 5) is 18.2. The molecule has 1 aliphatic heterocycles. The van der Waals surface area contributed by atoms with Gasteiger partial charge in [-0.3, -0.25) is 9.78 Å². The van der Waals surface area contributed by atoms with E-state index >= 15 is 0 Å². The number of carbonyl (C=O) groups is 1. The minimum absolute atomic E-state index is 0.102. The number of thiocarbonyl (C=S) groups is 1. The first-order chi connectivity index (χ1) is 16.1. The molecule has 0 bridgehead atoms. The molecule has 1 fully saturated rings. The highest BCUT2D eigenvalue weighted by Gasteiger charge is 2.42. The number of carbonyl (C=O) groups excluding carboxylic acids is 1. The molecule has 2 N–H and O–H groups in total. The topological polar surface area (TPSA) is 62.2 Å². The average Bonchev–Trinajstić information content (AvgIpc) is 3.45. The van der Waals surface area contributed by atoms with E-state index in [0.717, 1.165) is 28.5 Å². The monoisotopic (exact) mass is 453 g/mol. The van der Waals surface area contributed by atoms with Gasteiger partial charge in [-0.15, -0.1) is 0 Å². The fraction of sp³-hybridized carbons (Fsp3) is 0.115. The summed E-state index contributed by atoms with van der Waals surface area (Å²) in [6.07, 6.45) is 3.87. The number of pyridine rings is 1. The van der Waals surface area contributed by atoms with Crippen molar-refractivity contribution in [1.29, 1.82) is 0 Å². The normalized spacial score (nSPS) is 17.6. The number of rotatable bonds is 5. The van der Waals surface area contributed by atoms with Gasteiger partial charge in [0.1, 0.15) is 6.04 Å². The summed E-state index contributed by atoms with van der Waals surface area (Å²) in [5, 5.41) is 6.94. The van der Waals surface area contributed by atoms with Crippen molar-refractivity contribution in [1.82, 2.24) is 14.9 Å². The quantitative estimate of drug-likeness (QED) is 0.416. The molecule has 0 spiro atoms. The Morgan fingerprint density at radius 3 is 2.39 bits per heavy atom. The Balaban J connectivity index is 1.61. The van der Waals surface area contributed by atoms with E-state index in [0.29, 0.717) is 5.11 Å².